The van der Waals surface area contributed by atoms with Crippen molar-refractivity contribution >= 4 is 16.7 Å². The quantitative estimate of drug-likeness (QED) is 0.549. The van der Waals surface area contributed by atoms with E-state index in [0.717, 1.165) is 54.5 Å². The van der Waals surface area contributed by atoms with Gasteiger partial charge in [-0.15, -0.1) is 5.10 Å². The zero-order valence-electron chi connectivity index (χ0n) is 17.2. The molecule has 0 saturated carbocycles. The second kappa shape index (κ2) is 8.23. The molecular weight excluding hydrogens is 394 g/mol. The van der Waals surface area contributed by atoms with Crippen molar-refractivity contribution in [1.29, 1.82) is 0 Å². The number of para-hydroxylation sites is 1. The van der Waals surface area contributed by atoms with Crippen LogP contribution < -0.4 is 15.1 Å². The van der Waals surface area contributed by atoms with E-state index in [1.165, 1.54) is 0 Å². The fourth-order valence-electron chi connectivity index (χ4n) is 3.88. The maximum absolute atomic E-state index is 12.9. The van der Waals surface area contributed by atoms with E-state index in [1.54, 1.807) is 17.9 Å². The number of fused-ring (bicyclic) bond motifs is 1. The lowest BCUT2D eigenvalue weighted by Crippen LogP contribution is -2.28. The molecule has 3 heterocycles. The predicted molar refractivity (Wildman–Crippen MR) is 119 cm³/mol. The molecule has 0 spiro atoms. The molecule has 1 aliphatic rings. The van der Waals surface area contributed by atoms with Gasteiger partial charge in [-0.1, -0.05) is 17.3 Å². The van der Waals surface area contributed by atoms with Gasteiger partial charge in [-0.25, -0.2) is 4.68 Å². The summed E-state index contributed by atoms with van der Waals surface area (Å²) in [4.78, 5) is 18.5. The number of anilines is 1. The molecule has 0 unspecified atom stereocenters. The first-order valence-electron chi connectivity index (χ1n) is 10.3. The van der Waals surface area contributed by atoms with Gasteiger partial charge in [0.2, 0.25) is 0 Å². The van der Waals surface area contributed by atoms with Crippen LogP contribution in [0.4, 0.5) is 5.82 Å². The summed E-state index contributed by atoms with van der Waals surface area (Å²) in [7, 11) is 1.64. The van der Waals surface area contributed by atoms with Gasteiger partial charge < -0.3 is 19.4 Å². The Kier molecular flexibility index (Phi) is 5.13. The molecule has 0 radical (unpaired) electrons. The Morgan fingerprint density at radius 3 is 2.81 bits per heavy atom. The lowest BCUT2D eigenvalue weighted by atomic mass is 10.1. The first-order chi connectivity index (χ1) is 15.2. The minimum atomic E-state index is -0.0155. The number of ether oxygens (including phenoxy) is 2. The normalized spacial score (nSPS) is 14.5. The molecule has 8 nitrogen and oxygen atoms in total. The van der Waals surface area contributed by atoms with Gasteiger partial charge in [0.25, 0.3) is 0 Å². The number of aromatic nitrogens is 4. The monoisotopic (exact) mass is 417 g/mol. The van der Waals surface area contributed by atoms with Gasteiger partial charge in [-0.2, -0.15) is 0 Å². The van der Waals surface area contributed by atoms with Crippen LogP contribution in [-0.2, 0) is 4.74 Å². The molecular formula is C23H23N5O3. The van der Waals surface area contributed by atoms with E-state index < -0.39 is 0 Å². The first kappa shape index (κ1) is 19.3. The Labute approximate surface area is 179 Å². The van der Waals surface area contributed by atoms with Gasteiger partial charge in [0.1, 0.15) is 17.3 Å². The van der Waals surface area contributed by atoms with Crippen molar-refractivity contribution in [3.05, 3.63) is 65.0 Å². The van der Waals surface area contributed by atoms with Crippen molar-refractivity contribution in [3.63, 3.8) is 0 Å². The molecule has 2 aromatic carbocycles. The van der Waals surface area contributed by atoms with Crippen molar-refractivity contribution in [2.75, 3.05) is 38.3 Å². The molecule has 31 heavy (non-hydrogen) atoms. The van der Waals surface area contributed by atoms with Crippen LogP contribution in [0, 0.1) is 0 Å². The summed E-state index contributed by atoms with van der Waals surface area (Å²) in [5.41, 5.74) is 3.14. The van der Waals surface area contributed by atoms with Crippen molar-refractivity contribution in [2.24, 2.45) is 0 Å². The molecule has 0 amide bonds. The molecule has 1 N–H and O–H groups in total. The van der Waals surface area contributed by atoms with Crippen molar-refractivity contribution < 1.29 is 9.47 Å². The van der Waals surface area contributed by atoms with Crippen LogP contribution in [0.15, 0.2) is 59.5 Å². The number of aromatic amines is 1. The van der Waals surface area contributed by atoms with Gasteiger partial charge in [0, 0.05) is 36.7 Å². The number of hydrogen-bond acceptors (Lipinski definition) is 6. The molecule has 1 saturated heterocycles. The van der Waals surface area contributed by atoms with Crippen LogP contribution in [0.25, 0.3) is 27.8 Å². The molecule has 0 atom stereocenters. The molecule has 2 aromatic heterocycles. The average molecular weight is 417 g/mol. The Hall–Kier alpha value is -3.65. The van der Waals surface area contributed by atoms with E-state index in [-0.39, 0.29) is 5.43 Å². The number of H-pyrrole nitrogens is 1. The maximum atomic E-state index is 12.9. The third-order valence-corrected chi connectivity index (χ3v) is 5.52. The highest BCUT2D eigenvalue weighted by atomic mass is 16.5. The van der Waals surface area contributed by atoms with Gasteiger partial charge in [-0.3, -0.25) is 4.79 Å². The molecule has 0 aliphatic carbocycles. The Bertz CT molecular complexity index is 1250. The van der Waals surface area contributed by atoms with E-state index in [1.807, 2.05) is 48.7 Å². The summed E-state index contributed by atoms with van der Waals surface area (Å²) in [5.74, 6) is 1.58. The fraction of sp³-hybridized carbons (Fsp3) is 0.261. The SMILES string of the molecule is COc1ccc(-n2cc(-c3cccc4c(=O)cc(N5CCCOCC5)[nH]c34)nn2)cc1. The predicted octanol–water partition coefficient (Wildman–Crippen LogP) is 3.01. The molecule has 1 aliphatic heterocycles. The number of nitrogens with one attached hydrogen (secondary N) is 1. The van der Waals surface area contributed by atoms with E-state index in [2.05, 4.69) is 20.2 Å². The van der Waals surface area contributed by atoms with Crippen LogP contribution in [0.5, 0.6) is 5.75 Å². The lowest BCUT2D eigenvalue weighted by Gasteiger charge is -2.22. The first-order valence-corrected chi connectivity index (χ1v) is 10.3. The highest BCUT2D eigenvalue weighted by Crippen LogP contribution is 2.27. The van der Waals surface area contributed by atoms with Gasteiger partial charge in [0.15, 0.2) is 5.43 Å². The number of hydrogen-bond donors (Lipinski definition) is 1. The minimum Gasteiger partial charge on any atom is -0.497 e. The number of pyridine rings is 1. The standard InChI is InChI=1S/C23H23N5O3/c1-30-17-8-6-16(7-9-17)28-15-20(25-26-28)18-4-2-5-19-21(29)14-22(24-23(18)19)27-10-3-12-31-13-11-27/h2,4-9,14-15H,3,10-13H2,1H3,(H,24,29). The Morgan fingerprint density at radius 1 is 1.10 bits per heavy atom. The van der Waals surface area contributed by atoms with Crippen LogP contribution in [0.2, 0.25) is 0 Å². The van der Waals surface area contributed by atoms with Crippen LogP contribution in [-0.4, -0.2) is 53.4 Å². The fourth-order valence-corrected chi connectivity index (χ4v) is 3.88. The largest absolute Gasteiger partial charge is 0.497 e. The third kappa shape index (κ3) is 3.77. The summed E-state index contributed by atoms with van der Waals surface area (Å²) in [5, 5.41) is 9.28. The molecule has 8 heteroatoms. The second-order valence-electron chi connectivity index (χ2n) is 7.45. The van der Waals surface area contributed by atoms with E-state index in [0.29, 0.717) is 17.7 Å². The van der Waals surface area contributed by atoms with Gasteiger partial charge in [0.05, 0.1) is 31.1 Å². The van der Waals surface area contributed by atoms with Crippen molar-refractivity contribution in [1.82, 2.24) is 20.0 Å². The highest BCUT2D eigenvalue weighted by molar-refractivity contribution is 5.93. The van der Waals surface area contributed by atoms with Crippen LogP contribution in [0.1, 0.15) is 6.42 Å². The molecule has 1 fully saturated rings. The number of benzene rings is 2. The topological polar surface area (TPSA) is 85.3 Å². The molecule has 5 rings (SSSR count). The number of rotatable bonds is 4. The maximum Gasteiger partial charge on any atom is 0.191 e. The smallest absolute Gasteiger partial charge is 0.191 e. The second-order valence-corrected chi connectivity index (χ2v) is 7.45. The van der Waals surface area contributed by atoms with Gasteiger partial charge >= 0.3 is 0 Å². The van der Waals surface area contributed by atoms with Gasteiger partial charge in [-0.05, 0) is 36.8 Å². The van der Waals surface area contributed by atoms with Crippen LogP contribution >= 0.6 is 0 Å². The van der Waals surface area contributed by atoms with E-state index in [9.17, 15) is 4.79 Å². The zero-order chi connectivity index (χ0) is 21.2. The summed E-state index contributed by atoms with van der Waals surface area (Å²) in [6.07, 6.45) is 2.79. The summed E-state index contributed by atoms with van der Waals surface area (Å²) in [6.45, 7) is 2.99. The zero-order valence-corrected chi connectivity index (χ0v) is 17.2. The summed E-state index contributed by atoms with van der Waals surface area (Å²) >= 11 is 0. The van der Waals surface area contributed by atoms with E-state index >= 15 is 0 Å². The highest BCUT2D eigenvalue weighted by Gasteiger charge is 2.16. The average Bonchev–Trinajstić information content (AvgIpc) is 3.13. The van der Waals surface area contributed by atoms with Crippen molar-refractivity contribution in [2.45, 2.75) is 6.42 Å². The Morgan fingerprint density at radius 2 is 1.97 bits per heavy atom. The third-order valence-electron chi connectivity index (χ3n) is 5.52. The molecule has 158 valence electrons. The lowest BCUT2D eigenvalue weighted by molar-refractivity contribution is 0.152. The minimum absolute atomic E-state index is 0.0155. The van der Waals surface area contributed by atoms with Crippen LogP contribution in [0.3, 0.4) is 0 Å². The van der Waals surface area contributed by atoms with Crippen molar-refractivity contribution in [3.8, 4) is 22.7 Å². The molecule has 4 aromatic rings. The number of methoxy groups -OCH3 is 1. The molecule has 0 bridgehead atoms. The summed E-state index contributed by atoms with van der Waals surface area (Å²) < 4.78 is 12.5. The Balaban J connectivity index is 1.56. The van der Waals surface area contributed by atoms with E-state index in [4.69, 9.17) is 9.47 Å². The number of nitrogens with zero attached hydrogens (tertiary/aromatic N) is 4. The summed E-state index contributed by atoms with van der Waals surface area (Å²) in [6, 6.07) is 14.9.